The number of allylic oxidation sites excluding steroid dienone is 3. The smallest absolute Gasteiger partial charge is 0.118 e. The first-order valence-corrected chi connectivity index (χ1v) is 4.65. The largest absolute Gasteiger partial charge is 0.491 e. The van der Waals surface area contributed by atoms with E-state index in [9.17, 15) is 4.39 Å². The minimum atomic E-state index is -0.122. The summed E-state index contributed by atoms with van der Waals surface area (Å²) in [5, 5.41) is 0. The van der Waals surface area contributed by atoms with Crippen LogP contribution in [0.3, 0.4) is 0 Å². The lowest BCUT2D eigenvalue weighted by molar-refractivity contribution is 0.150. The molecule has 1 rings (SSSR count). The van der Waals surface area contributed by atoms with Crippen LogP contribution in [0.4, 0.5) is 4.39 Å². The Morgan fingerprint density at radius 2 is 2.08 bits per heavy atom. The number of hydrogen-bond acceptors (Lipinski definition) is 1. The summed E-state index contributed by atoms with van der Waals surface area (Å²) in [5.74, 6) is 0.562. The van der Waals surface area contributed by atoms with Gasteiger partial charge in [0.15, 0.2) is 0 Å². The normalized spacial score (nSPS) is 21.1. The first-order chi connectivity index (χ1) is 5.89. The zero-order valence-corrected chi connectivity index (χ0v) is 8.73. The Hall–Kier alpha value is -0.790. The molecule has 1 aliphatic carbocycles. The van der Waals surface area contributed by atoms with Gasteiger partial charge >= 0.3 is 0 Å². The standard InChI is InChI=1S/C11H17FO/c1-8(2)13-10-5-9(12)6-11(3,4)7-10/h5,7-8H,6H2,1-4H3. The Morgan fingerprint density at radius 1 is 1.46 bits per heavy atom. The van der Waals surface area contributed by atoms with Gasteiger partial charge in [0.25, 0.3) is 0 Å². The van der Waals surface area contributed by atoms with E-state index in [-0.39, 0.29) is 17.3 Å². The fourth-order valence-electron chi connectivity index (χ4n) is 1.46. The summed E-state index contributed by atoms with van der Waals surface area (Å²) in [5.41, 5.74) is -0.122. The number of hydrogen-bond donors (Lipinski definition) is 0. The van der Waals surface area contributed by atoms with E-state index in [0.717, 1.165) is 0 Å². The molecule has 13 heavy (non-hydrogen) atoms. The molecule has 0 saturated heterocycles. The highest BCUT2D eigenvalue weighted by atomic mass is 19.1. The van der Waals surface area contributed by atoms with E-state index in [2.05, 4.69) is 0 Å². The zero-order chi connectivity index (χ0) is 10.1. The number of rotatable bonds is 2. The summed E-state index contributed by atoms with van der Waals surface area (Å²) in [4.78, 5) is 0. The highest BCUT2D eigenvalue weighted by Gasteiger charge is 2.23. The van der Waals surface area contributed by atoms with E-state index in [1.54, 1.807) is 0 Å². The van der Waals surface area contributed by atoms with Gasteiger partial charge in [-0.1, -0.05) is 13.8 Å². The minimum absolute atomic E-state index is 0.0943. The lowest BCUT2D eigenvalue weighted by Gasteiger charge is -2.25. The molecule has 0 N–H and O–H groups in total. The van der Waals surface area contributed by atoms with Gasteiger partial charge < -0.3 is 4.74 Å². The zero-order valence-electron chi connectivity index (χ0n) is 8.73. The number of ether oxygens (including phenoxy) is 1. The third-order valence-corrected chi connectivity index (χ3v) is 1.83. The summed E-state index contributed by atoms with van der Waals surface area (Å²) in [7, 11) is 0. The maximum Gasteiger partial charge on any atom is 0.118 e. The van der Waals surface area contributed by atoms with Gasteiger partial charge in [-0.2, -0.15) is 0 Å². The van der Waals surface area contributed by atoms with Crippen LogP contribution in [-0.4, -0.2) is 6.10 Å². The Kier molecular flexibility index (Phi) is 2.79. The molecule has 0 saturated carbocycles. The van der Waals surface area contributed by atoms with E-state index >= 15 is 0 Å². The average Bonchev–Trinajstić information content (AvgIpc) is 1.78. The molecule has 1 aliphatic rings. The second-order valence-corrected chi connectivity index (χ2v) is 4.47. The summed E-state index contributed by atoms with van der Waals surface area (Å²) < 4.78 is 18.6. The Balaban J connectivity index is 2.77. The van der Waals surface area contributed by atoms with Crippen molar-refractivity contribution in [2.75, 3.05) is 0 Å². The summed E-state index contributed by atoms with van der Waals surface area (Å²) >= 11 is 0. The van der Waals surface area contributed by atoms with Crippen LogP contribution < -0.4 is 0 Å². The van der Waals surface area contributed by atoms with Crippen LogP contribution in [0.5, 0.6) is 0 Å². The molecule has 0 atom stereocenters. The van der Waals surface area contributed by atoms with Gasteiger partial charge in [0, 0.05) is 12.5 Å². The topological polar surface area (TPSA) is 9.23 Å². The number of halogens is 1. The van der Waals surface area contributed by atoms with Crippen LogP contribution in [0, 0.1) is 5.41 Å². The van der Waals surface area contributed by atoms with Crippen molar-refractivity contribution < 1.29 is 9.13 Å². The second kappa shape index (κ2) is 3.52. The van der Waals surface area contributed by atoms with E-state index in [1.807, 2.05) is 33.8 Å². The summed E-state index contributed by atoms with van der Waals surface area (Å²) in [6.07, 6.45) is 4.03. The summed E-state index contributed by atoms with van der Waals surface area (Å²) in [6, 6.07) is 0. The molecule has 0 bridgehead atoms. The second-order valence-electron chi connectivity index (χ2n) is 4.47. The van der Waals surface area contributed by atoms with Crippen LogP contribution in [0.1, 0.15) is 34.1 Å². The molecule has 0 unspecified atom stereocenters. The van der Waals surface area contributed by atoms with Crippen LogP contribution in [0.2, 0.25) is 0 Å². The van der Waals surface area contributed by atoms with Crippen molar-refractivity contribution in [3.05, 3.63) is 23.7 Å². The molecular formula is C11H17FO. The van der Waals surface area contributed by atoms with Gasteiger partial charge in [-0.3, -0.25) is 0 Å². The quantitative estimate of drug-likeness (QED) is 0.637. The van der Waals surface area contributed by atoms with Crippen molar-refractivity contribution in [3.8, 4) is 0 Å². The maximum atomic E-state index is 13.1. The highest BCUT2D eigenvalue weighted by Crippen LogP contribution is 2.34. The predicted molar refractivity (Wildman–Crippen MR) is 51.9 cm³/mol. The molecule has 2 heteroatoms. The first-order valence-electron chi connectivity index (χ1n) is 4.65. The van der Waals surface area contributed by atoms with Crippen molar-refractivity contribution >= 4 is 0 Å². The molecule has 0 aromatic carbocycles. The fraction of sp³-hybridized carbons (Fsp3) is 0.636. The first kappa shape index (κ1) is 10.3. The minimum Gasteiger partial charge on any atom is -0.491 e. The third kappa shape index (κ3) is 3.21. The highest BCUT2D eigenvalue weighted by molar-refractivity contribution is 5.24. The van der Waals surface area contributed by atoms with Gasteiger partial charge in [-0.05, 0) is 25.3 Å². The molecule has 0 fully saturated rings. The van der Waals surface area contributed by atoms with Crippen LogP contribution in [0.25, 0.3) is 0 Å². The Labute approximate surface area is 79.3 Å². The predicted octanol–water partition coefficient (Wildman–Crippen LogP) is 3.58. The Morgan fingerprint density at radius 3 is 2.54 bits per heavy atom. The lowest BCUT2D eigenvalue weighted by atomic mass is 9.85. The Bertz CT molecular complexity index is 249. The maximum absolute atomic E-state index is 13.1. The molecule has 0 heterocycles. The van der Waals surface area contributed by atoms with Crippen molar-refractivity contribution in [3.63, 3.8) is 0 Å². The molecular weight excluding hydrogens is 167 g/mol. The van der Waals surface area contributed by atoms with Gasteiger partial charge in [-0.15, -0.1) is 0 Å². The molecule has 0 spiro atoms. The van der Waals surface area contributed by atoms with Crippen LogP contribution in [0.15, 0.2) is 23.7 Å². The van der Waals surface area contributed by atoms with E-state index in [1.165, 1.54) is 6.08 Å². The third-order valence-electron chi connectivity index (χ3n) is 1.83. The van der Waals surface area contributed by atoms with E-state index in [4.69, 9.17) is 4.74 Å². The van der Waals surface area contributed by atoms with Crippen molar-refractivity contribution in [1.29, 1.82) is 0 Å². The molecule has 1 nitrogen and oxygen atoms in total. The van der Waals surface area contributed by atoms with Gasteiger partial charge in [0.2, 0.25) is 0 Å². The summed E-state index contributed by atoms with van der Waals surface area (Å²) in [6.45, 7) is 7.88. The molecule has 0 aromatic rings. The van der Waals surface area contributed by atoms with Gasteiger partial charge in [0.05, 0.1) is 6.10 Å². The lowest BCUT2D eigenvalue weighted by Crippen LogP contribution is -2.14. The van der Waals surface area contributed by atoms with Gasteiger partial charge in [-0.25, -0.2) is 4.39 Å². The van der Waals surface area contributed by atoms with Crippen LogP contribution in [-0.2, 0) is 4.74 Å². The van der Waals surface area contributed by atoms with Crippen molar-refractivity contribution in [2.45, 2.75) is 40.2 Å². The molecule has 0 aromatic heterocycles. The van der Waals surface area contributed by atoms with Crippen molar-refractivity contribution in [1.82, 2.24) is 0 Å². The fourth-order valence-corrected chi connectivity index (χ4v) is 1.46. The van der Waals surface area contributed by atoms with Gasteiger partial charge in [0.1, 0.15) is 11.6 Å². The molecule has 0 amide bonds. The molecule has 0 aliphatic heterocycles. The SMILES string of the molecule is CC(C)OC1=CC(C)(C)CC(F)=C1. The van der Waals surface area contributed by atoms with Crippen molar-refractivity contribution in [2.24, 2.45) is 5.41 Å². The average molecular weight is 184 g/mol. The monoisotopic (exact) mass is 184 g/mol. The molecule has 0 radical (unpaired) electrons. The van der Waals surface area contributed by atoms with E-state index in [0.29, 0.717) is 12.2 Å². The van der Waals surface area contributed by atoms with E-state index < -0.39 is 0 Å². The van der Waals surface area contributed by atoms with Crippen LogP contribution >= 0.6 is 0 Å². The molecule has 74 valence electrons.